The number of nitrogens with zero attached hydrogens (tertiary/aromatic N) is 2. The first-order valence-electron chi connectivity index (χ1n) is 5.51. The summed E-state index contributed by atoms with van der Waals surface area (Å²) in [6, 6.07) is 5.83. The van der Waals surface area contributed by atoms with Crippen LogP contribution in [0.15, 0.2) is 22.7 Å². The zero-order chi connectivity index (χ0) is 13.3. The molecule has 0 saturated carbocycles. The second-order valence-electron chi connectivity index (χ2n) is 4.01. The Labute approximate surface area is 114 Å². The van der Waals surface area contributed by atoms with Crippen LogP contribution in [-0.2, 0) is 0 Å². The maximum absolute atomic E-state index is 13.6. The Bertz CT molecular complexity index is 599. The largest absolute Gasteiger partial charge is 0.371 e. The van der Waals surface area contributed by atoms with Gasteiger partial charge in [-0.15, -0.1) is 0 Å². The molecule has 5 heteroatoms. The predicted molar refractivity (Wildman–Crippen MR) is 74.1 cm³/mol. The van der Waals surface area contributed by atoms with E-state index < -0.39 is 5.82 Å². The predicted octanol–water partition coefficient (Wildman–Crippen LogP) is 3.70. The standard InChI is InChI=1S/C13H13BrFN3/c1-7-4-5-9(6-10(7)14)12-17-8(2)11(15)13(16-3)18-12/h4-6H,1-3H3,(H,16,17,18). The van der Waals surface area contributed by atoms with Gasteiger partial charge in [-0.3, -0.25) is 0 Å². The van der Waals surface area contributed by atoms with E-state index in [1.807, 2.05) is 25.1 Å². The van der Waals surface area contributed by atoms with Crippen molar-refractivity contribution < 1.29 is 4.39 Å². The molecular weight excluding hydrogens is 297 g/mol. The minimum Gasteiger partial charge on any atom is -0.371 e. The van der Waals surface area contributed by atoms with E-state index >= 15 is 0 Å². The second kappa shape index (κ2) is 5.02. The normalized spacial score (nSPS) is 10.5. The summed E-state index contributed by atoms with van der Waals surface area (Å²) in [4.78, 5) is 8.35. The van der Waals surface area contributed by atoms with Gasteiger partial charge in [0.2, 0.25) is 0 Å². The van der Waals surface area contributed by atoms with Crippen LogP contribution in [0.25, 0.3) is 11.4 Å². The van der Waals surface area contributed by atoms with Gasteiger partial charge in [0.15, 0.2) is 17.5 Å². The van der Waals surface area contributed by atoms with Gasteiger partial charge in [0.05, 0.1) is 5.69 Å². The number of halogens is 2. The first-order chi connectivity index (χ1) is 8.52. The minimum absolute atomic E-state index is 0.217. The van der Waals surface area contributed by atoms with Crippen LogP contribution in [0.1, 0.15) is 11.3 Å². The molecule has 0 amide bonds. The van der Waals surface area contributed by atoms with E-state index in [4.69, 9.17) is 0 Å². The first kappa shape index (κ1) is 13.0. The summed E-state index contributed by atoms with van der Waals surface area (Å²) in [6.07, 6.45) is 0. The smallest absolute Gasteiger partial charge is 0.186 e. The van der Waals surface area contributed by atoms with Crippen molar-refractivity contribution in [2.45, 2.75) is 13.8 Å². The molecule has 3 nitrogen and oxygen atoms in total. The van der Waals surface area contributed by atoms with E-state index in [0.717, 1.165) is 15.6 Å². The highest BCUT2D eigenvalue weighted by Crippen LogP contribution is 2.25. The Kier molecular flexibility index (Phi) is 3.61. The molecule has 0 bridgehead atoms. The number of nitrogens with one attached hydrogen (secondary N) is 1. The molecule has 18 heavy (non-hydrogen) atoms. The van der Waals surface area contributed by atoms with Crippen LogP contribution in [0.5, 0.6) is 0 Å². The SMILES string of the molecule is CNc1nc(-c2ccc(C)c(Br)c2)nc(C)c1F. The van der Waals surface area contributed by atoms with Gasteiger partial charge >= 0.3 is 0 Å². The van der Waals surface area contributed by atoms with Crippen molar-refractivity contribution in [3.63, 3.8) is 0 Å². The molecule has 0 spiro atoms. The third-order valence-electron chi connectivity index (χ3n) is 2.68. The van der Waals surface area contributed by atoms with Crippen molar-refractivity contribution in [1.29, 1.82) is 0 Å². The van der Waals surface area contributed by atoms with Crippen LogP contribution < -0.4 is 5.32 Å². The summed E-state index contributed by atoms with van der Waals surface area (Å²) in [5.41, 5.74) is 2.32. The summed E-state index contributed by atoms with van der Waals surface area (Å²) in [5, 5.41) is 2.73. The van der Waals surface area contributed by atoms with Crippen molar-refractivity contribution in [3.8, 4) is 11.4 Å². The topological polar surface area (TPSA) is 37.8 Å². The van der Waals surface area contributed by atoms with E-state index in [1.54, 1.807) is 14.0 Å². The Morgan fingerprint density at radius 1 is 1.22 bits per heavy atom. The summed E-state index contributed by atoms with van der Waals surface area (Å²) >= 11 is 3.47. The van der Waals surface area contributed by atoms with Crippen molar-refractivity contribution in [1.82, 2.24) is 9.97 Å². The fourth-order valence-corrected chi connectivity index (χ4v) is 1.96. The number of hydrogen-bond donors (Lipinski definition) is 1. The van der Waals surface area contributed by atoms with Gasteiger partial charge < -0.3 is 5.32 Å². The highest BCUT2D eigenvalue weighted by molar-refractivity contribution is 9.10. The van der Waals surface area contributed by atoms with Crippen LogP contribution in [0.4, 0.5) is 10.2 Å². The molecule has 1 aromatic heterocycles. The zero-order valence-electron chi connectivity index (χ0n) is 10.4. The molecule has 0 aliphatic carbocycles. The first-order valence-corrected chi connectivity index (χ1v) is 6.30. The van der Waals surface area contributed by atoms with E-state index in [-0.39, 0.29) is 5.82 Å². The molecule has 0 aliphatic heterocycles. The molecule has 0 aliphatic rings. The van der Waals surface area contributed by atoms with Gasteiger partial charge in [-0.1, -0.05) is 28.1 Å². The van der Waals surface area contributed by atoms with Crippen molar-refractivity contribution >= 4 is 21.7 Å². The molecule has 1 heterocycles. The summed E-state index contributed by atoms with van der Waals surface area (Å²) < 4.78 is 14.6. The fourth-order valence-electron chi connectivity index (χ4n) is 1.59. The van der Waals surface area contributed by atoms with Gasteiger partial charge in [-0.2, -0.15) is 0 Å². The number of aromatic nitrogens is 2. The average molecular weight is 310 g/mol. The molecule has 1 N–H and O–H groups in total. The lowest BCUT2D eigenvalue weighted by Crippen LogP contribution is -2.03. The highest BCUT2D eigenvalue weighted by atomic mass is 79.9. The lowest BCUT2D eigenvalue weighted by molar-refractivity contribution is 0.607. The maximum Gasteiger partial charge on any atom is 0.186 e. The summed E-state index contributed by atoms with van der Waals surface area (Å²) in [6.45, 7) is 3.63. The van der Waals surface area contributed by atoms with Gasteiger partial charge in [-0.05, 0) is 25.5 Å². The van der Waals surface area contributed by atoms with Crippen LogP contribution >= 0.6 is 15.9 Å². The van der Waals surface area contributed by atoms with Gasteiger partial charge in [0, 0.05) is 17.1 Å². The van der Waals surface area contributed by atoms with E-state index in [2.05, 4.69) is 31.2 Å². The Morgan fingerprint density at radius 2 is 1.94 bits per heavy atom. The highest BCUT2D eigenvalue weighted by Gasteiger charge is 2.12. The molecule has 0 atom stereocenters. The van der Waals surface area contributed by atoms with Gasteiger partial charge in [0.1, 0.15) is 0 Å². The van der Waals surface area contributed by atoms with Crippen molar-refractivity contribution in [2.24, 2.45) is 0 Å². The number of rotatable bonds is 2. The van der Waals surface area contributed by atoms with Crippen LogP contribution in [0.2, 0.25) is 0 Å². The van der Waals surface area contributed by atoms with Crippen molar-refractivity contribution in [3.05, 3.63) is 39.7 Å². The van der Waals surface area contributed by atoms with Crippen LogP contribution in [-0.4, -0.2) is 17.0 Å². The van der Waals surface area contributed by atoms with Crippen LogP contribution in [0, 0.1) is 19.7 Å². The third-order valence-corrected chi connectivity index (χ3v) is 3.54. The van der Waals surface area contributed by atoms with Crippen LogP contribution in [0.3, 0.4) is 0 Å². The van der Waals surface area contributed by atoms with Gasteiger partial charge in [-0.25, -0.2) is 14.4 Å². The lowest BCUT2D eigenvalue weighted by Gasteiger charge is -2.08. The van der Waals surface area contributed by atoms with Crippen molar-refractivity contribution in [2.75, 3.05) is 12.4 Å². The Morgan fingerprint density at radius 3 is 2.56 bits per heavy atom. The lowest BCUT2D eigenvalue weighted by atomic mass is 10.1. The number of benzene rings is 1. The number of aryl methyl sites for hydroxylation is 2. The van der Waals surface area contributed by atoms with E-state index in [1.165, 1.54) is 0 Å². The third kappa shape index (κ3) is 2.36. The van der Waals surface area contributed by atoms with E-state index in [9.17, 15) is 4.39 Å². The molecule has 0 radical (unpaired) electrons. The molecule has 0 saturated heterocycles. The Balaban J connectivity index is 2.57. The molecule has 2 rings (SSSR count). The molecule has 0 unspecified atom stereocenters. The molecular formula is C13H13BrFN3. The Hall–Kier alpha value is -1.49. The molecule has 1 aromatic carbocycles. The zero-order valence-corrected chi connectivity index (χ0v) is 12.0. The summed E-state index contributed by atoms with van der Waals surface area (Å²) in [7, 11) is 1.64. The second-order valence-corrected chi connectivity index (χ2v) is 4.86. The van der Waals surface area contributed by atoms with E-state index in [0.29, 0.717) is 11.5 Å². The fraction of sp³-hybridized carbons (Fsp3) is 0.231. The number of anilines is 1. The molecule has 94 valence electrons. The molecule has 2 aromatic rings. The minimum atomic E-state index is -0.410. The molecule has 0 fully saturated rings. The maximum atomic E-state index is 13.6. The van der Waals surface area contributed by atoms with Gasteiger partial charge in [0.25, 0.3) is 0 Å². The monoisotopic (exact) mass is 309 g/mol. The summed E-state index contributed by atoms with van der Waals surface area (Å²) in [5.74, 6) is 0.320. The number of hydrogen-bond acceptors (Lipinski definition) is 3. The average Bonchev–Trinajstić information content (AvgIpc) is 2.36. The quantitative estimate of drug-likeness (QED) is 0.919.